The molecule has 3 heterocycles. The quantitative estimate of drug-likeness (QED) is 0.420. The van der Waals surface area contributed by atoms with E-state index in [1.54, 1.807) is 4.57 Å². The van der Waals surface area contributed by atoms with Gasteiger partial charge in [-0.05, 0) is 56.0 Å². The Hall–Kier alpha value is -2.86. The van der Waals surface area contributed by atoms with Gasteiger partial charge in [0.25, 0.3) is 0 Å². The Morgan fingerprint density at radius 2 is 1.97 bits per heavy atom. The van der Waals surface area contributed by atoms with Gasteiger partial charge in [-0.2, -0.15) is 13.2 Å². The number of piperidine rings is 1. The lowest BCUT2D eigenvalue weighted by Crippen LogP contribution is -2.47. The summed E-state index contributed by atoms with van der Waals surface area (Å²) < 4.78 is 51.5. The summed E-state index contributed by atoms with van der Waals surface area (Å²) in [7, 11) is 2.01. The van der Waals surface area contributed by atoms with Crippen molar-refractivity contribution in [3.05, 3.63) is 46.1 Å². The minimum absolute atomic E-state index is 0.0112. The number of fused-ring (bicyclic) bond motifs is 1. The number of aromatic nitrogens is 2. The number of alkyl halides is 3. The summed E-state index contributed by atoms with van der Waals surface area (Å²) in [6.45, 7) is 6.52. The van der Waals surface area contributed by atoms with Crippen molar-refractivity contribution in [2.45, 2.75) is 44.2 Å². The second kappa shape index (κ2) is 9.41. The number of ether oxygens (including phenoxy) is 2. The molecule has 186 valence electrons. The van der Waals surface area contributed by atoms with Crippen LogP contribution in [-0.2, 0) is 12.7 Å². The Morgan fingerprint density at radius 3 is 2.56 bits per heavy atom. The van der Waals surface area contributed by atoms with Crippen LogP contribution in [0.2, 0.25) is 0 Å². The van der Waals surface area contributed by atoms with Crippen molar-refractivity contribution in [2.24, 2.45) is 0 Å². The van der Waals surface area contributed by atoms with Crippen molar-refractivity contribution in [2.75, 3.05) is 39.8 Å². The largest absolute Gasteiger partial charge is 0.490 e. The molecule has 4 rings (SSSR count). The summed E-state index contributed by atoms with van der Waals surface area (Å²) in [6.07, 6.45) is -1.34. The molecule has 1 aromatic heterocycles. The van der Waals surface area contributed by atoms with Gasteiger partial charge in [0.15, 0.2) is 0 Å². The number of hydrogen-bond donors (Lipinski definition) is 0. The van der Waals surface area contributed by atoms with Crippen LogP contribution in [0.15, 0.2) is 30.5 Å². The second-order valence-electron chi connectivity index (χ2n) is 9.24. The van der Waals surface area contributed by atoms with E-state index in [-0.39, 0.29) is 17.9 Å². The fourth-order valence-corrected chi connectivity index (χ4v) is 4.49. The molecule has 1 aromatic carbocycles. The number of nitrogens with zero attached hydrogens (tertiary/aromatic N) is 5. The van der Waals surface area contributed by atoms with Crippen LogP contribution < -0.4 is 9.47 Å². The molecule has 1 saturated heterocycles. The smallest absolute Gasteiger partial charge is 0.416 e. The predicted octanol–water partition coefficient (Wildman–Crippen LogP) is 3.44. The van der Waals surface area contributed by atoms with E-state index in [0.717, 1.165) is 51.2 Å². The van der Waals surface area contributed by atoms with Crippen molar-refractivity contribution in [1.29, 1.82) is 0 Å². The Balaban J connectivity index is 1.17. The van der Waals surface area contributed by atoms with Crippen LogP contribution in [0, 0.1) is 10.1 Å². The predicted molar refractivity (Wildman–Crippen MR) is 117 cm³/mol. The molecule has 0 aliphatic carbocycles. The van der Waals surface area contributed by atoms with E-state index in [1.807, 2.05) is 14.0 Å². The third-order valence-corrected chi connectivity index (χ3v) is 6.18. The molecular formula is C22H28F3N5O4. The summed E-state index contributed by atoms with van der Waals surface area (Å²) in [5.74, 6) is 0.248. The molecular weight excluding hydrogens is 455 g/mol. The van der Waals surface area contributed by atoms with E-state index >= 15 is 0 Å². The highest BCUT2D eigenvalue weighted by Crippen LogP contribution is 2.32. The number of halogens is 3. The topological polar surface area (TPSA) is 85.9 Å². The highest BCUT2D eigenvalue weighted by Gasteiger charge is 2.41. The first-order valence-corrected chi connectivity index (χ1v) is 11.2. The Labute approximate surface area is 195 Å². The highest BCUT2D eigenvalue weighted by atomic mass is 19.4. The number of likely N-dealkylation sites (tertiary alicyclic amines) is 1. The molecule has 1 atom stereocenters. The van der Waals surface area contributed by atoms with Crippen LogP contribution in [0.1, 0.15) is 25.3 Å². The van der Waals surface area contributed by atoms with Crippen LogP contribution in [-0.4, -0.2) is 75.8 Å². The summed E-state index contributed by atoms with van der Waals surface area (Å²) in [5, 5.41) is 10.9. The third-order valence-electron chi connectivity index (χ3n) is 6.18. The van der Waals surface area contributed by atoms with Crippen molar-refractivity contribution >= 4 is 5.82 Å². The van der Waals surface area contributed by atoms with E-state index in [9.17, 15) is 23.3 Å². The molecule has 12 heteroatoms. The van der Waals surface area contributed by atoms with Gasteiger partial charge in [0.1, 0.15) is 23.7 Å². The lowest BCUT2D eigenvalue weighted by Gasteiger charge is -2.34. The zero-order chi connectivity index (χ0) is 24.5. The monoisotopic (exact) mass is 483 g/mol. The molecule has 2 aliphatic rings. The number of imidazole rings is 1. The fraction of sp³-hybridized carbons (Fsp3) is 0.591. The number of hydrogen-bond acceptors (Lipinski definition) is 7. The number of nitro groups is 1. The van der Waals surface area contributed by atoms with Gasteiger partial charge in [-0.1, -0.05) is 0 Å². The lowest BCUT2D eigenvalue weighted by molar-refractivity contribution is -0.389. The van der Waals surface area contributed by atoms with Crippen molar-refractivity contribution in [3.63, 3.8) is 0 Å². The average molecular weight is 483 g/mol. The van der Waals surface area contributed by atoms with Gasteiger partial charge < -0.3 is 29.4 Å². The van der Waals surface area contributed by atoms with Crippen LogP contribution in [0.4, 0.5) is 19.0 Å². The fourth-order valence-electron chi connectivity index (χ4n) is 4.49. The van der Waals surface area contributed by atoms with Gasteiger partial charge in [0.05, 0.1) is 12.1 Å². The van der Waals surface area contributed by atoms with E-state index in [2.05, 4.69) is 14.8 Å². The highest BCUT2D eigenvalue weighted by molar-refractivity contribution is 5.29. The SMILES string of the molecule is CN(CCN1CCC(Oc2ccc(C(F)(F)F)cc2)CC1)CC1(C)Cn2cc([N+](=O)[O-])nc2O1. The van der Waals surface area contributed by atoms with Crippen molar-refractivity contribution in [1.82, 2.24) is 19.4 Å². The molecule has 2 aliphatic heterocycles. The van der Waals surface area contributed by atoms with E-state index in [1.165, 1.54) is 18.3 Å². The molecule has 2 aromatic rings. The van der Waals surface area contributed by atoms with Crippen LogP contribution >= 0.6 is 0 Å². The lowest BCUT2D eigenvalue weighted by atomic mass is 10.1. The minimum Gasteiger partial charge on any atom is -0.490 e. The zero-order valence-electron chi connectivity index (χ0n) is 19.1. The van der Waals surface area contributed by atoms with Gasteiger partial charge in [0, 0.05) is 37.7 Å². The van der Waals surface area contributed by atoms with Gasteiger partial charge in [-0.15, -0.1) is 0 Å². The zero-order valence-corrected chi connectivity index (χ0v) is 19.1. The van der Waals surface area contributed by atoms with Crippen LogP contribution in [0.3, 0.4) is 0 Å². The minimum atomic E-state index is -4.35. The number of likely N-dealkylation sites (N-methyl/N-ethyl adjacent to an activating group) is 1. The van der Waals surface area contributed by atoms with E-state index in [0.29, 0.717) is 18.8 Å². The Bertz CT molecular complexity index is 979. The number of benzene rings is 1. The molecule has 0 radical (unpaired) electrons. The van der Waals surface area contributed by atoms with E-state index < -0.39 is 22.3 Å². The molecule has 0 N–H and O–H groups in total. The average Bonchev–Trinajstić information content (AvgIpc) is 3.28. The first-order chi connectivity index (χ1) is 16.0. The Morgan fingerprint density at radius 1 is 1.29 bits per heavy atom. The molecule has 0 saturated carbocycles. The summed E-state index contributed by atoms with van der Waals surface area (Å²) in [5.41, 5.74) is -1.18. The summed E-state index contributed by atoms with van der Waals surface area (Å²) in [4.78, 5) is 18.8. The normalized spacial score (nSPS) is 21.5. The first-order valence-electron chi connectivity index (χ1n) is 11.2. The summed E-state index contributed by atoms with van der Waals surface area (Å²) >= 11 is 0. The first kappa shape index (κ1) is 24.3. The number of rotatable bonds is 8. The van der Waals surface area contributed by atoms with E-state index in [4.69, 9.17) is 9.47 Å². The molecule has 34 heavy (non-hydrogen) atoms. The maximum atomic E-state index is 12.7. The third kappa shape index (κ3) is 5.79. The molecule has 0 spiro atoms. The maximum absolute atomic E-state index is 12.7. The second-order valence-corrected chi connectivity index (χ2v) is 9.24. The Kier molecular flexibility index (Phi) is 6.72. The van der Waals surface area contributed by atoms with Crippen LogP contribution in [0.5, 0.6) is 11.8 Å². The van der Waals surface area contributed by atoms with Crippen molar-refractivity contribution < 1.29 is 27.6 Å². The van der Waals surface area contributed by atoms with Gasteiger partial charge in [-0.25, -0.2) is 0 Å². The molecule has 1 unspecified atom stereocenters. The molecule has 9 nitrogen and oxygen atoms in total. The van der Waals surface area contributed by atoms with Gasteiger partial charge in [-0.3, -0.25) is 4.57 Å². The molecule has 0 bridgehead atoms. The molecule has 1 fully saturated rings. The van der Waals surface area contributed by atoms with Crippen molar-refractivity contribution in [3.8, 4) is 11.8 Å². The van der Waals surface area contributed by atoms with Crippen LogP contribution in [0.25, 0.3) is 0 Å². The molecule has 0 amide bonds. The summed E-state index contributed by atoms with van der Waals surface area (Å²) in [6, 6.07) is 5.12. The van der Waals surface area contributed by atoms with Gasteiger partial charge >= 0.3 is 18.0 Å². The van der Waals surface area contributed by atoms with Gasteiger partial charge in [0.2, 0.25) is 0 Å². The maximum Gasteiger partial charge on any atom is 0.416 e. The standard InChI is InChI=1S/C22H28F3N5O4/c1-21(15-29-13-19(30(31)32)26-20(29)34-21)14-27(2)11-12-28-9-7-18(8-10-28)33-17-5-3-16(4-6-17)22(23,24)25/h3-6,13,18H,7-12,14-15H2,1-2H3.